The molecule has 0 fully saturated rings. The van der Waals surface area contributed by atoms with E-state index in [-0.39, 0.29) is 17.3 Å². The number of hydrogen-bond donors (Lipinski definition) is 2. The molecule has 100 valence electrons. The summed E-state index contributed by atoms with van der Waals surface area (Å²) in [6.45, 7) is 1.51. The van der Waals surface area contributed by atoms with Gasteiger partial charge in [-0.05, 0) is 13.2 Å². The molecule has 7 nitrogen and oxygen atoms in total. The lowest BCUT2D eigenvalue weighted by Crippen LogP contribution is -2.58. The molecule has 2 rings (SSSR count). The molecule has 2 aliphatic heterocycles. The minimum Gasteiger partial charge on any atom is -0.341 e. The molecule has 0 aromatic carbocycles. The van der Waals surface area contributed by atoms with E-state index in [1.54, 1.807) is 13.3 Å². The first kappa shape index (κ1) is 13.4. The number of rotatable bonds is 1. The fraction of sp³-hybridized carbons (Fsp3) is 0.455. The van der Waals surface area contributed by atoms with Gasteiger partial charge in [0.1, 0.15) is 11.4 Å². The number of ketones is 1. The number of hydrogen-bond acceptors (Lipinski definition) is 6. The summed E-state index contributed by atoms with van der Waals surface area (Å²) in [4.78, 5) is 26.5. The summed E-state index contributed by atoms with van der Waals surface area (Å²) in [5, 5.41) is 20.1. The highest BCUT2D eigenvalue weighted by Crippen LogP contribution is 2.29. The Hall–Kier alpha value is -2.01. The second-order valence-electron chi connectivity index (χ2n) is 4.26. The number of amidine groups is 1. The third-order valence-corrected chi connectivity index (χ3v) is 3.99. The van der Waals surface area contributed by atoms with Gasteiger partial charge in [-0.2, -0.15) is 5.26 Å². The number of carbonyl (C=O) groups is 2. The highest BCUT2D eigenvalue weighted by atomic mass is 32.2. The Kier molecular flexibility index (Phi) is 3.24. The van der Waals surface area contributed by atoms with Gasteiger partial charge in [0.05, 0.1) is 5.92 Å². The number of carbonyl (C=O) groups excluding carboxylic acids is 2. The van der Waals surface area contributed by atoms with Crippen molar-refractivity contribution in [3.8, 4) is 6.19 Å². The van der Waals surface area contributed by atoms with Crippen molar-refractivity contribution < 1.29 is 9.59 Å². The van der Waals surface area contributed by atoms with Crippen LogP contribution in [0.4, 0.5) is 0 Å². The predicted molar refractivity (Wildman–Crippen MR) is 69.6 cm³/mol. The van der Waals surface area contributed by atoms with Crippen molar-refractivity contribution in [2.75, 3.05) is 13.3 Å². The second kappa shape index (κ2) is 4.59. The van der Waals surface area contributed by atoms with E-state index in [2.05, 4.69) is 5.32 Å². The van der Waals surface area contributed by atoms with Crippen LogP contribution in [0.15, 0.2) is 11.4 Å². The highest BCUT2D eigenvalue weighted by molar-refractivity contribution is 7.99. The Bertz CT molecular complexity index is 550. The summed E-state index contributed by atoms with van der Waals surface area (Å²) >= 11 is 1.31. The van der Waals surface area contributed by atoms with Crippen LogP contribution in [0.1, 0.15) is 6.92 Å². The zero-order valence-corrected chi connectivity index (χ0v) is 11.5. The van der Waals surface area contributed by atoms with Gasteiger partial charge < -0.3 is 10.2 Å². The molecule has 8 heteroatoms. The minimum absolute atomic E-state index is 0.0986. The standard InChI is InChI=1S/C11H13N5O2S/c1-5-7(17)6-8(13)16(4-12)11(19-3)14-9(6)15(2)10(5)18/h5,11,13-14H,1-3H3. The molecule has 2 heterocycles. The van der Waals surface area contributed by atoms with E-state index in [0.29, 0.717) is 5.82 Å². The Morgan fingerprint density at radius 1 is 1.47 bits per heavy atom. The maximum atomic E-state index is 12.2. The molecule has 0 radical (unpaired) electrons. The molecule has 1 amide bonds. The Balaban J connectivity index is 2.56. The summed E-state index contributed by atoms with van der Waals surface area (Å²) < 4.78 is 0. The lowest BCUT2D eigenvalue weighted by molar-refractivity contribution is -0.138. The number of thioether (sulfide) groups is 1. The summed E-state index contributed by atoms with van der Waals surface area (Å²) in [5.74, 6) is -1.40. The van der Waals surface area contributed by atoms with Crippen LogP contribution in [0.5, 0.6) is 0 Å². The van der Waals surface area contributed by atoms with Gasteiger partial charge in [0, 0.05) is 7.05 Å². The van der Waals surface area contributed by atoms with Crippen LogP contribution in [0, 0.1) is 22.8 Å². The maximum absolute atomic E-state index is 12.2. The van der Waals surface area contributed by atoms with Crippen LogP contribution in [0.2, 0.25) is 0 Å². The normalized spacial score (nSPS) is 27.2. The van der Waals surface area contributed by atoms with Gasteiger partial charge in [-0.25, -0.2) is 4.90 Å². The van der Waals surface area contributed by atoms with Crippen LogP contribution in [-0.4, -0.2) is 46.1 Å². The first-order chi connectivity index (χ1) is 8.93. The van der Waals surface area contributed by atoms with Gasteiger partial charge in [0.15, 0.2) is 23.3 Å². The minimum atomic E-state index is -0.822. The average Bonchev–Trinajstić information content (AvgIpc) is 2.41. The molecule has 0 aromatic heterocycles. The Morgan fingerprint density at radius 2 is 2.11 bits per heavy atom. The molecule has 2 unspecified atom stereocenters. The maximum Gasteiger partial charge on any atom is 0.238 e. The predicted octanol–water partition coefficient (Wildman–Crippen LogP) is -0.115. The number of Topliss-reactive ketones (excluding diaryl/α,β-unsaturated/α-hetero) is 1. The van der Waals surface area contributed by atoms with Gasteiger partial charge in [-0.15, -0.1) is 11.8 Å². The van der Waals surface area contributed by atoms with E-state index in [1.165, 1.54) is 23.6 Å². The summed E-state index contributed by atoms with van der Waals surface area (Å²) in [7, 11) is 1.56. The van der Waals surface area contributed by atoms with Crippen molar-refractivity contribution >= 4 is 29.3 Å². The van der Waals surface area contributed by atoms with Crippen molar-refractivity contribution in [1.29, 1.82) is 10.7 Å². The Labute approximate surface area is 114 Å². The van der Waals surface area contributed by atoms with Gasteiger partial charge in [-0.1, -0.05) is 0 Å². The van der Waals surface area contributed by atoms with Crippen LogP contribution in [-0.2, 0) is 9.59 Å². The quantitative estimate of drug-likeness (QED) is 0.513. The van der Waals surface area contributed by atoms with E-state index in [1.807, 2.05) is 6.19 Å². The molecule has 0 bridgehead atoms. The van der Waals surface area contributed by atoms with Crippen LogP contribution in [0.3, 0.4) is 0 Å². The molecule has 0 saturated carbocycles. The monoisotopic (exact) mass is 279 g/mol. The smallest absolute Gasteiger partial charge is 0.238 e. The fourth-order valence-corrected chi connectivity index (χ4v) is 2.69. The third-order valence-electron chi connectivity index (χ3n) is 3.22. The van der Waals surface area contributed by atoms with Gasteiger partial charge in [-0.3, -0.25) is 15.0 Å². The van der Waals surface area contributed by atoms with Crippen LogP contribution < -0.4 is 5.32 Å². The first-order valence-corrected chi connectivity index (χ1v) is 6.86. The summed E-state index contributed by atoms with van der Waals surface area (Å²) in [6, 6.07) is 0. The molecule has 2 aliphatic rings. The van der Waals surface area contributed by atoms with E-state index < -0.39 is 17.2 Å². The Morgan fingerprint density at radius 3 is 2.63 bits per heavy atom. The molecule has 2 atom stereocenters. The van der Waals surface area contributed by atoms with Gasteiger partial charge in [0.2, 0.25) is 5.91 Å². The van der Waals surface area contributed by atoms with Crippen LogP contribution in [0.25, 0.3) is 0 Å². The van der Waals surface area contributed by atoms with E-state index in [9.17, 15) is 9.59 Å². The molecular weight excluding hydrogens is 266 g/mol. The van der Waals surface area contributed by atoms with Gasteiger partial charge >= 0.3 is 0 Å². The second-order valence-corrected chi connectivity index (χ2v) is 5.18. The molecule has 0 saturated heterocycles. The first-order valence-electron chi connectivity index (χ1n) is 5.57. The third kappa shape index (κ3) is 1.77. The van der Waals surface area contributed by atoms with E-state index >= 15 is 0 Å². The van der Waals surface area contributed by atoms with Gasteiger partial charge in [0.25, 0.3) is 0 Å². The van der Waals surface area contributed by atoms with Crippen molar-refractivity contribution in [3.63, 3.8) is 0 Å². The van der Waals surface area contributed by atoms with Crippen molar-refractivity contribution in [1.82, 2.24) is 15.1 Å². The fourth-order valence-electron chi connectivity index (χ4n) is 2.10. The number of nitrogens with zero attached hydrogens (tertiary/aromatic N) is 3. The largest absolute Gasteiger partial charge is 0.341 e. The average molecular weight is 279 g/mol. The molecule has 0 aromatic rings. The van der Waals surface area contributed by atoms with Crippen molar-refractivity contribution in [2.45, 2.75) is 12.4 Å². The summed E-state index contributed by atoms with van der Waals surface area (Å²) in [5.41, 5.74) is -0.394. The molecular formula is C11H13N5O2S. The van der Waals surface area contributed by atoms with Crippen molar-refractivity contribution in [3.05, 3.63) is 11.4 Å². The molecule has 19 heavy (non-hydrogen) atoms. The number of amides is 1. The highest BCUT2D eigenvalue weighted by Gasteiger charge is 2.44. The number of nitrogens with one attached hydrogen (secondary N) is 2. The lowest BCUT2D eigenvalue weighted by atomic mass is 9.92. The SMILES string of the molecule is CSC1NC2=C(C(=N)N1C#N)C(=O)C(C)C(=O)N2C. The zero-order chi connectivity index (χ0) is 14.3. The lowest BCUT2D eigenvalue weighted by Gasteiger charge is -2.40. The summed E-state index contributed by atoms with van der Waals surface area (Å²) in [6.07, 6.45) is 3.66. The van der Waals surface area contributed by atoms with E-state index in [0.717, 1.165) is 4.90 Å². The topological polar surface area (TPSA) is 100 Å². The van der Waals surface area contributed by atoms with Crippen LogP contribution >= 0.6 is 11.8 Å². The van der Waals surface area contributed by atoms with Crippen molar-refractivity contribution in [2.24, 2.45) is 5.92 Å². The number of nitriles is 1. The molecule has 0 aliphatic carbocycles. The zero-order valence-electron chi connectivity index (χ0n) is 10.7. The van der Waals surface area contributed by atoms with E-state index in [4.69, 9.17) is 10.7 Å². The molecule has 0 spiro atoms. The molecule has 2 N–H and O–H groups in total.